The van der Waals surface area contributed by atoms with Gasteiger partial charge in [0.05, 0.1) is 11.5 Å². The molecule has 0 aliphatic carbocycles. The van der Waals surface area contributed by atoms with Crippen molar-refractivity contribution in [1.82, 2.24) is 4.90 Å². The SMILES string of the molecule is CCN(C(=O)[C@H](C)OC(=O)c1ccc(Cl)cc1O)[C@@H]1CCS(=O)(=O)C1. The minimum atomic E-state index is -3.13. The minimum Gasteiger partial charge on any atom is -0.507 e. The predicted octanol–water partition coefficient (Wildman–Crippen LogP) is 1.63. The number of halogens is 1. The van der Waals surface area contributed by atoms with Crippen molar-refractivity contribution in [3.63, 3.8) is 0 Å². The van der Waals surface area contributed by atoms with Crippen LogP contribution in [0.3, 0.4) is 0 Å². The van der Waals surface area contributed by atoms with Crippen LogP contribution in [0.25, 0.3) is 0 Å². The van der Waals surface area contributed by atoms with Crippen molar-refractivity contribution in [3.8, 4) is 5.75 Å². The van der Waals surface area contributed by atoms with E-state index < -0.39 is 33.9 Å². The molecule has 0 bridgehead atoms. The molecule has 1 aliphatic heterocycles. The highest BCUT2D eigenvalue weighted by atomic mass is 35.5. The smallest absolute Gasteiger partial charge is 0.342 e. The Hall–Kier alpha value is -1.80. The summed E-state index contributed by atoms with van der Waals surface area (Å²) in [4.78, 5) is 26.1. The van der Waals surface area contributed by atoms with Gasteiger partial charge in [-0.2, -0.15) is 0 Å². The number of aromatic hydroxyl groups is 1. The first-order valence-electron chi connectivity index (χ1n) is 7.85. The predicted molar refractivity (Wildman–Crippen MR) is 92.4 cm³/mol. The third-order valence-corrected chi connectivity index (χ3v) is 6.07. The van der Waals surface area contributed by atoms with Crippen LogP contribution < -0.4 is 0 Å². The highest BCUT2D eigenvalue weighted by molar-refractivity contribution is 7.91. The molecule has 25 heavy (non-hydrogen) atoms. The number of sulfone groups is 1. The first kappa shape index (κ1) is 19.5. The third-order valence-electron chi connectivity index (χ3n) is 4.08. The van der Waals surface area contributed by atoms with Gasteiger partial charge in [0.1, 0.15) is 11.3 Å². The normalized spacial score (nSPS) is 20.0. The number of nitrogens with zero attached hydrogens (tertiary/aromatic N) is 1. The topological polar surface area (TPSA) is 101 Å². The number of carbonyl (C=O) groups is 2. The summed E-state index contributed by atoms with van der Waals surface area (Å²) >= 11 is 5.71. The van der Waals surface area contributed by atoms with E-state index in [4.69, 9.17) is 16.3 Å². The van der Waals surface area contributed by atoms with Crippen LogP contribution in [0.1, 0.15) is 30.6 Å². The molecule has 0 aromatic heterocycles. The van der Waals surface area contributed by atoms with Crippen molar-refractivity contribution < 1.29 is 27.9 Å². The fourth-order valence-electron chi connectivity index (χ4n) is 2.80. The molecule has 1 aromatic carbocycles. The first-order chi connectivity index (χ1) is 11.6. The molecule has 1 fully saturated rings. The quantitative estimate of drug-likeness (QED) is 0.768. The van der Waals surface area contributed by atoms with Gasteiger partial charge in [-0.05, 0) is 38.5 Å². The number of likely N-dealkylation sites (N-methyl/N-ethyl adjacent to an activating group) is 1. The monoisotopic (exact) mass is 389 g/mol. The maximum atomic E-state index is 12.5. The molecular weight excluding hydrogens is 370 g/mol. The number of hydrogen-bond acceptors (Lipinski definition) is 6. The molecule has 2 rings (SSSR count). The second-order valence-corrected chi connectivity index (χ2v) is 8.56. The van der Waals surface area contributed by atoms with Crippen LogP contribution in [-0.2, 0) is 19.4 Å². The second-order valence-electron chi connectivity index (χ2n) is 5.89. The van der Waals surface area contributed by atoms with Crippen LogP contribution >= 0.6 is 11.6 Å². The molecular formula is C16H20ClNO6S. The van der Waals surface area contributed by atoms with Gasteiger partial charge < -0.3 is 14.7 Å². The van der Waals surface area contributed by atoms with Gasteiger partial charge in [0.15, 0.2) is 15.9 Å². The molecule has 1 heterocycles. The van der Waals surface area contributed by atoms with E-state index in [1.54, 1.807) is 6.92 Å². The summed E-state index contributed by atoms with van der Waals surface area (Å²) in [5.74, 6) is -1.69. The van der Waals surface area contributed by atoms with Crippen molar-refractivity contribution in [1.29, 1.82) is 0 Å². The number of benzene rings is 1. The number of rotatable bonds is 5. The first-order valence-corrected chi connectivity index (χ1v) is 10.0. The summed E-state index contributed by atoms with van der Waals surface area (Å²) in [5, 5.41) is 10.0. The number of ether oxygens (including phenoxy) is 1. The molecule has 1 saturated heterocycles. The number of phenols is 1. The zero-order valence-corrected chi connectivity index (χ0v) is 15.5. The fraction of sp³-hybridized carbons (Fsp3) is 0.500. The lowest BCUT2D eigenvalue weighted by Crippen LogP contribution is -2.46. The van der Waals surface area contributed by atoms with E-state index in [1.807, 2.05) is 0 Å². The molecule has 0 unspecified atom stereocenters. The number of carbonyl (C=O) groups excluding carboxylic acids is 2. The maximum Gasteiger partial charge on any atom is 0.342 e. The number of amides is 1. The van der Waals surface area contributed by atoms with Crippen LogP contribution in [0, 0.1) is 0 Å². The van der Waals surface area contributed by atoms with Crippen molar-refractivity contribution >= 4 is 33.3 Å². The van der Waals surface area contributed by atoms with E-state index in [2.05, 4.69) is 0 Å². The molecule has 1 aromatic rings. The highest BCUT2D eigenvalue weighted by Crippen LogP contribution is 2.24. The van der Waals surface area contributed by atoms with Gasteiger partial charge in [0, 0.05) is 17.6 Å². The lowest BCUT2D eigenvalue weighted by Gasteiger charge is -2.29. The fourth-order valence-corrected chi connectivity index (χ4v) is 4.70. The van der Waals surface area contributed by atoms with E-state index in [1.165, 1.54) is 30.0 Å². The van der Waals surface area contributed by atoms with E-state index in [9.17, 15) is 23.1 Å². The maximum absolute atomic E-state index is 12.5. The Morgan fingerprint density at radius 3 is 2.64 bits per heavy atom. The Balaban J connectivity index is 2.06. The van der Waals surface area contributed by atoms with Crippen molar-refractivity contribution in [2.75, 3.05) is 18.1 Å². The molecule has 1 aliphatic rings. The van der Waals surface area contributed by atoms with Crippen LogP contribution in [0.4, 0.5) is 0 Å². The largest absolute Gasteiger partial charge is 0.507 e. The zero-order chi connectivity index (χ0) is 18.8. The minimum absolute atomic E-state index is 0.0499. The van der Waals surface area contributed by atoms with Gasteiger partial charge >= 0.3 is 5.97 Å². The lowest BCUT2D eigenvalue weighted by atomic mass is 10.2. The van der Waals surface area contributed by atoms with Gasteiger partial charge in [0.2, 0.25) is 0 Å². The molecule has 138 valence electrons. The highest BCUT2D eigenvalue weighted by Gasteiger charge is 2.36. The molecule has 0 radical (unpaired) electrons. The summed E-state index contributed by atoms with van der Waals surface area (Å²) in [7, 11) is -3.13. The van der Waals surface area contributed by atoms with Gasteiger partial charge in [-0.3, -0.25) is 4.79 Å². The van der Waals surface area contributed by atoms with Crippen LogP contribution in [0.2, 0.25) is 5.02 Å². The second kappa shape index (κ2) is 7.61. The average Bonchev–Trinajstić information content (AvgIpc) is 2.87. The lowest BCUT2D eigenvalue weighted by molar-refractivity contribution is -0.141. The summed E-state index contributed by atoms with van der Waals surface area (Å²) in [6.45, 7) is 3.47. The summed E-state index contributed by atoms with van der Waals surface area (Å²) in [6, 6.07) is 3.52. The van der Waals surface area contributed by atoms with Crippen LogP contribution in [0.15, 0.2) is 18.2 Å². The molecule has 1 amide bonds. The van der Waals surface area contributed by atoms with Crippen LogP contribution in [-0.4, -0.2) is 60.5 Å². The van der Waals surface area contributed by atoms with Crippen molar-refractivity contribution in [2.24, 2.45) is 0 Å². The zero-order valence-electron chi connectivity index (χ0n) is 13.9. The van der Waals surface area contributed by atoms with E-state index in [0.717, 1.165) is 0 Å². The molecule has 7 nitrogen and oxygen atoms in total. The molecule has 2 atom stereocenters. The summed E-state index contributed by atoms with van der Waals surface area (Å²) in [6.07, 6.45) is -0.730. The third kappa shape index (κ3) is 4.64. The van der Waals surface area contributed by atoms with E-state index >= 15 is 0 Å². The van der Waals surface area contributed by atoms with Crippen molar-refractivity contribution in [2.45, 2.75) is 32.4 Å². The van der Waals surface area contributed by atoms with Gasteiger partial charge in [-0.1, -0.05) is 11.6 Å². The number of esters is 1. The van der Waals surface area contributed by atoms with Gasteiger partial charge in [-0.15, -0.1) is 0 Å². The molecule has 0 spiro atoms. The Morgan fingerprint density at radius 2 is 2.12 bits per heavy atom. The van der Waals surface area contributed by atoms with Crippen molar-refractivity contribution in [3.05, 3.63) is 28.8 Å². The Kier molecular flexibility index (Phi) is 5.95. The van der Waals surface area contributed by atoms with Crippen LogP contribution in [0.5, 0.6) is 5.75 Å². The Morgan fingerprint density at radius 1 is 1.44 bits per heavy atom. The molecule has 9 heteroatoms. The molecule has 1 N–H and O–H groups in total. The summed E-state index contributed by atoms with van der Waals surface area (Å²) in [5.41, 5.74) is -0.101. The molecule has 0 saturated carbocycles. The Bertz CT molecular complexity index is 779. The standard InChI is InChI=1S/C16H20ClNO6S/c1-3-18(12-6-7-25(22,23)9-12)15(20)10(2)24-16(21)13-5-4-11(17)8-14(13)19/h4-5,8,10,12,19H,3,6-7,9H2,1-2H3/t10-,12+/m0/s1. The average molecular weight is 390 g/mol. The summed E-state index contributed by atoms with van der Waals surface area (Å²) < 4.78 is 28.4. The van der Waals surface area contributed by atoms with E-state index in [-0.39, 0.29) is 27.8 Å². The Labute approximate surface area is 151 Å². The number of hydrogen-bond donors (Lipinski definition) is 1. The van der Waals surface area contributed by atoms with Gasteiger partial charge in [0.25, 0.3) is 5.91 Å². The number of phenolic OH excluding ortho intramolecular Hbond substituents is 1. The van der Waals surface area contributed by atoms with Gasteiger partial charge in [-0.25, -0.2) is 13.2 Å². The van der Waals surface area contributed by atoms with E-state index in [0.29, 0.717) is 13.0 Å².